The molecule has 1 N–H and O–H groups in total. The van der Waals surface area contributed by atoms with E-state index in [0.717, 1.165) is 4.68 Å². The van der Waals surface area contributed by atoms with Crippen molar-refractivity contribution < 1.29 is 8.78 Å². The summed E-state index contributed by atoms with van der Waals surface area (Å²) < 4.78 is 27.0. The van der Waals surface area contributed by atoms with Crippen LogP contribution < -0.4 is 0 Å². The molecule has 0 spiro atoms. The fourth-order valence-electron chi connectivity index (χ4n) is 1.80. The summed E-state index contributed by atoms with van der Waals surface area (Å²) in [7, 11) is 0. The van der Waals surface area contributed by atoms with Crippen LogP contribution in [-0.4, -0.2) is 29.7 Å². The first-order chi connectivity index (χ1) is 9.63. The minimum Gasteiger partial charge on any atom is -0.340 e. The predicted molar refractivity (Wildman–Crippen MR) is 68.3 cm³/mol. The van der Waals surface area contributed by atoms with Gasteiger partial charge in [-0.25, -0.2) is 28.4 Å². The first kappa shape index (κ1) is 13.2. The molecule has 0 bridgehead atoms. The van der Waals surface area contributed by atoms with E-state index >= 15 is 0 Å². The fourth-order valence-corrected chi connectivity index (χ4v) is 2.41. The number of H-pyrrole nitrogens is 1. The van der Waals surface area contributed by atoms with E-state index in [1.165, 1.54) is 12.7 Å². The molecule has 0 saturated heterocycles. The van der Waals surface area contributed by atoms with Crippen LogP contribution in [0.1, 0.15) is 17.7 Å². The summed E-state index contributed by atoms with van der Waals surface area (Å²) in [5.41, 5.74) is 0.442. The highest BCUT2D eigenvalue weighted by molar-refractivity contribution is 6.31. The highest BCUT2D eigenvalue weighted by Crippen LogP contribution is 2.31. The second-order valence-corrected chi connectivity index (χ2v) is 4.42. The Labute approximate surface area is 120 Å². The monoisotopic (exact) mass is 318 g/mol. The van der Waals surface area contributed by atoms with Gasteiger partial charge in [-0.05, 0) is 0 Å². The Bertz CT molecular complexity index is 768. The standard InChI is InChI=1S/C10H6Cl2F2N6/c11-1-4-5(8(13)14)19-20(7(4)12)10-6-9(16-2-15-6)17-3-18-10/h2-3,8H,1H2,(H,15,16,17,18). The Balaban J connectivity index is 2.27. The van der Waals surface area contributed by atoms with E-state index < -0.39 is 12.1 Å². The predicted octanol–water partition coefficient (Wildman–Crippen LogP) is 2.87. The average molecular weight is 319 g/mol. The number of halogens is 4. The number of fused-ring (bicyclic) bond motifs is 1. The van der Waals surface area contributed by atoms with Crippen molar-refractivity contribution in [1.29, 1.82) is 0 Å². The van der Waals surface area contributed by atoms with Gasteiger partial charge in [-0.1, -0.05) is 11.6 Å². The lowest BCUT2D eigenvalue weighted by molar-refractivity contribution is 0.144. The molecule has 0 aliphatic rings. The third-order valence-corrected chi connectivity index (χ3v) is 3.35. The van der Waals surface area contributed by atoms with Crippen molar-refractivity contribution in [2.75, 3.05) is 0 Å². The van der Waals surface area contributed by atoms with E-state index in [0.29, 0.717) is 11.2 Å². The topological polar surface area (TPSA) is 72.3 Å². The molecule has 20 heavy (non-hydrogen) atoms. The van der Waals surface area contributed by atoms with Crippen molar-refractivity contribution in [1.82, 2.24) is 29.7 Å². The molecule has 0 radical (unpaired) electrons. The van der Waals surface area contributed by atoms with Gasteiger partial charge in [0.15, 0.2) is 11.5 Å². The summed E-state index contributed by atoms with van der Waals surface area (Å²) >= 11 is 11.7. The van der Waals surface area contributed by atoms with Crippen LogP contribution in [0.4, 0.5) is 8.78 Å². The molecule has 3 rings (SSSR count). The Hall–Kier alpha value is -1.80. The fraction of sp³-hybridized carbons (Fsp3) is 0.200. The summed E-state index contributed by atoms with van der Waals surface area (Å²) in [6.45, 7) is 0. The number of imidazole rings is 1. The molecule has 10 heteroatoms. The first-order valence-corrected chi connectivity index (χ1v) is 6.30. The zero-order valence-corrected chi connectivity index (χ0v) is 11.2. The maximum Gasteiger partial charge on any atom is 0.282 e. The quantitative estimate of drug-likeness (QED) is 0.754. The van der Waals surface area contributed by atoms with Crippen molar-refractivity contribution >= 4 is 34.4 Å². The molecule has 3 aromatic rings. The number of aromatic nitrogens is 6. The van der Waals surface area contributed by atoms with Gasteiger partial charge < -0.3 is 4.98 Å². The molecular weight excluding hydrogens is 313 g/mol. The number of rotatable bonds is 3. The summed E-state index contributed by atoms with van der Waals surface area (Å²) in [5.74, 6) is 0.0613. The van der Waals surface area contributed by atoms with Crippen LogP contribution in [0, 0.1) is 0 Å². The molecule has 0 unspecified atom stereocenters. The van der Waals surface area contributed by atoms with Gasteiger partial charge >= 0.3 is 0 Å². The second-order valence-electron chi connectivity index (χ2n) is 3.80. The van der Waals surface area contributed by atoms with Crippen molar-refractivity contribution in [2.24, 2.45) is 0 Å². The lowest BCUT2D eigenvalue weighted by Gasteiger charge is -2.02. The molecule has 0 atom stereocenters. The Morgan fingerprint density at radius 1 is 1.30 bits per heavy atom. The van der Waals surface area contributed by atoms with Crippen LogP contribution in [0.25, 0.3) is 17.0 Å². The largest absolute Gasteiger partial charge is 0.340 e. The SMILES string of the molecule is FC(F)c1nn(-c2ncnc3nc[nH]c23)c(Cl)c1CCl. The minimum absolute atomic E-state index is 0.00935. The van der Waals surface area contributed by atoms with Crippen LogP contribution >= 0.6 is 23.2 Å². The number of nitrogens with zero attached hydrogens (tertiary/aromatic N) is 5. The Kier molecular flexibility index (Phi) is 3.27. The lowest BCUT2D eigenvalue weighted by Crippen LogP contribution is -2.02. The molecule has 3 aromatic heterocycles. The van der Waals surface area contributed by atoms with Crippen LogP contribution in [-0.2, 0) is 5.88 Å². The summed E-state index contributed by atoms with van der Waals surface area (Å²) in [5, 5.41) is 3.78. The van der Waals surface area contributed by atoms with Crippen LogP contribution in [0.5, 0.6) is 0 Å². The third-order valence-electron chi connectivity index (χ3n) is 2.70. The number of hydrogen-bond acceptors (Lipinski definition) is 4. The molecule has 0 saturated carbocycles. The summed E-state index contributed by atoms with van der Waals surface area (Å²) in [6.07, 6.45) is -0.114. The van der Waals surface area contributed by atoms with E-state index in [1.807, 2.05) is 0 Å². The van der Waals surface area contributed by atoms with Crippen molar-refractivity contribution in [2.45, 2.75) is 12.3 Å². The maximum absolute atomic E-state index is 12.9. The zero-order valence-electron chi connectivity index (χ0n) is 9.69. The molecule has 104 valence electrons. The molecule has 0 aromatic carbocycles. The van der Waals surface area contributed by atoms with Gasteiger partial charge in [0.05, 0.1) is 12.2 Å². The Morgan fingerprint density at radius 3 is 2.75 bits per heavy atom. The smallest absolute Gasteiger partial charge is 0.282 e. The molecule has 0 fully saturated rings. The van der Waals surface area contributed by atoms with E-state index in [9.17, 15) is 8.78 Å². The van der Waals surface area contributed by atoms with Gasteiger partial charge in [-0.2, -0.15) is 5.10 Å². The summed E-state index contributed by atoms with van der Waals surface area (Å²) in [4.78, 5) is 14.7. The highest BCUT2D eigenvalue weighted by Gasteiger charge is 2.24. The number of alkyl halides is 3. The zero-order chi connectivity index (χ0) is 14.3. The van der Waals surface area contributed by atoms with Gasteiger partial charge in [0.25, 0.3) is 6.43 Å². The lowest BCUT2D eigenvalue weighted by atomic mass is 10.3. The molecule has 0 aliphatic carbocycles. The van der Waals surface area contributed by atoms with Gasteiger partial charge in [0, 0.05) is 5.56 Å². The van der Waals surface area contributed by atoms with E-state index in [4.69, 9.17) is 23.2 Å². The minimum atomic E-state index is -2.78. The van der Waals surface area contributed by atoms with Gasteiger partial charge in [-0.3, -0.25) is 0 Å². The van der Waals surface area contributed by atoms with E-state index in [-0.39, 0.29) is 22.4 Å². The van der Waals surface area contributed by atoms with Crippen LogP contribution in [0.3, 0.4) is 0 Å². The van der Waals surface area contributed by atoms with Crippen LogP contribution in [0.15, 0.2) is 12.7 Å². The van der Waals surface area contributed by atoms with Crippen molar-refractivity contribution in [3.63, 3.8) is 0 Å². The second kappa shape index (κ2) is 4.95. The normalized spacial score (nSPS) is 11.7. The number of nitrogens with one attached hydrogen (secondary N) is 1. The molecule has 0 aliphatic heterocycles. The van der Waals surface area contributed by atoms with Gasteiger partial charge in [0.1, 0.15) is 22.7 Å². The Morgan fingerprint density at radius 2 is 2.10 bits per heavy atom. The average Bonchev–Trinajstić information content (AvgIpc) is 3.02. The van der Waals surface area contributed by atoms with Gasteiger partial charge in [-0.15, -0.1) is 11.6 Å². The molecule has 3 heterocycles. The van der Waals surface area contributed by atoms with Crippen molar-refractivity contribution in [3.8, 4) is 5.82 Å². The van der Waals surface area contributed by atoms with Gasteiger partial charge in [0.2, 0.25) is 0 Å². The van der Waals surface area contributed by atoms with Crippen molar-refractivity contribution in [3.05, 3.63) is 29.1 Å². The number of aromatic amines is 1. The maximum atomic E-state index is 12.9. The summed E-state index contributed by atoms with van der Waals surface area (Å²) in [6, 6.07) is 0. The van der Waals surface area contributed by atoms with E-state index in [2.05, 4.69) is 25.0 Å². The first-order valence-electron chi connectivity index (χ1n) is 5.39. The third kappa shape index (κ3) is 1.92. The molecule has 0 amide bonds. The molecule has 6 nitrogen and oxygen atoms in total. The van der Waals surface area contributed by atoms with E-state index in [1.54, 1.807) is 0 Å². The molecular formula is C10H6Cl2F2N6. The van der Waals surface area contributed by atoms with Crippen LogP contribution in [0.2, 0.25) is 5.15 Å². The number of hydrogen-bond donors (Lipinski definition) is 1. The highest BCUT2D eigenvalue weighted by atomic mass is 35.5.